The topological polar surface area (TPSA) is 56.5 Å². The molecule has 0 saturated heterocycles. The van der Waals surface area contributed by atoms with Crippen molar-refractivity contribution in [3.8, 4) is 11.5 Å². The van der Waals surface area contributed by atoms with Crippen LogP contribution in [0.3, 0.4) is 0 Å². The first kappa shape index (κ1) is 15.9. The van der Waals surface area contributed by atoms with Crippen molar-refractivity contribution >= 4 is 0 Å². The summed E-state index contributed by atoms with van der Waals surface area (Å²) in [4.78, 5) is 0. The molecule has 0 radical (unpaired) electrons. The van der Waals surface area contributed by atoms with Gasteiger partial charge < -0.3 is 20.5 Å². The number of ether oxygens (including phenoxy) is 2. The molecule has 1 aromatic carbocycles. The second kappa shape index (κ2) is 8.05. The third kappa shape index (κ3) is 4.22. The van der Waals surface area contributed by atoms with Gasteiger partial charge >= 0.3 is 0 Å². The quantitative estimate of drug-likeness (QED) is 0.723. The highest BCUT2D eigenvalue weighted by molar-refractivity contribution is 5.42. The molecule has 0 bridgehead atoms. The van der Waals surface area contributed by atoms with E-state index in [-0.39, 0.29) is 6.04 Å². The van der Waals surface area contributed by atoms with E-state index in [4.69, 9.17) is 15.2 Å². The van der Waals surface area contributed by atoms with Crippen LogP contribution in [0.2, 0.25) is 0 Å². The van der Waals surface area contributed by atoms with Crippen molar-refractivity contribution in [1.29, 1.82) is 0 Å². The normalized spacial score (nSPS) is 15.7. The molecule has 1 unspecified atom stereocenters. The van der Waals surface area contributed by atoms with Crippen LogP contribution in [0.5, 0.6) is 11.5 Å². The fraction of sp³-hybridized carbons (Fsp3) is 0.529. The van der Waals surface area contributed by atoms with Crippen LogP contribution >= 0.6 is 0 Å². The molecule has 116 valence electrons. The summed E-state index contributed by atoms with van der Waals surface area (Å²) in [7, 11) is 3.35. The summed E-state index contributed by atoms with van der Waals surface area (Å²) >= 11 is 0. The Bertz CT molecular complexity index is 486. The molecule has 1 aliphatic carbocycles. The average molecular weight is 290 g/mol. The van der Waals surface area contributed by atoms with Gasteiger partial charge in [-0.25, -0.2) is 0 Å². The smallest absolute Gasteiger partial charge is 0.123 e. The molecule has 1 aliphatic rings. The van der Waals surface area contributed by atoms with Crippen molar-refractivity contribution in [3.05, 3.63) is 35.4 Å². The number of methoxy groups -OCH3 is 2. The molecular formula is C17H26N2O2. The van der Waals surface area contributed by atoms with Crippen LogP contribution in [0.25, 0.3) is 0 Å². The van der Waals surface area contributed by atoms with Crippen LogP contribution < -0.4 is 20.5 Å². The maximum absolute atomic E-state index is 5.94. The first-order valence-electron chi connectivity index (χ1n) is 7.61. The highest BCUT2D eigenvalue weighted by Crippen LogP contribution is 2.29. The third-order valence-electron chi connectivity index (χ3n) is 4.02. The predicted octanol–water partition coefficient (Wildman–Crippen LogP) is 2.79. The number of hydrogen-bond donors (Lipinski definition) is 2. The highest BCUT2D eigenvalue weighted by atomic mass is 16.5. The van der Waals surface area contributed by atoms with Crippen molar-refractivity contribution in [1.82, 2.24) is 5.32 Å². The van der Waals surface area contributed by atoms with E-state index in [9.17, 15) is 0 Å². The molecular weight excluding hydrogens is 264 g/mol. The lowest BCUT2D eigenvalue weighted by molar-refractivity contribution is 0.390. The van der Waals surface area contributed by atoms with Gasteiger partial charge in [-0.05, 0) is 50.4 Å². The lowest BCUT2D eigenvalue weighted by Gasteiger charge is -2.20. The Labute approximate surface area is 127 Å². The second-order valence-electron chi connectivity index (χ2n) is 5.35. The molecule has 0 heterocycles. The molecule has 0 fully saturated rings. The van der Waals surface area contributed by atoms with E-state index in [1.54, 1.807) is 19.8 Å². The van der Waals surface area contributed by atoms with Crippen LogP contribution in [0.4, 0.5) is 0 Å². The molecule has 0 aliphatic heterocycles. The number of hydrogen-bond acceptors (Lipinski definition) is 4. The van der Waals surface area contributed by atoms with E-state index in [1.807, 2.05) is 18.2 Å². The van der Waals surface area contributed by atoms with Crippen molar-refractivity contribution < 1.29 is 9.47 Å². The van der Waals surface area contributed by atoms with E-state index in [2.05, 4.69) is 11.4 Å². The van der Waals surface area contributed by atoms with E-state index >= 15 is 0 Å². The van der Waals surface area contributed by atoms with Gasteiger partial charge in [0.05, 0.1) is 14.2 Å². The van der Waals surface area contributed by atoms with Gasteiger partial charge in [0.1, 0.15) is 11.5 Å². The number of allylic oxidation sites excluding steroid dienone is 1. The predicted molar refractivity (Wildman–Crippen MR) is 85.9 cm³/mol. The van der Waals surface area contributed by atoms with Gasteiger partial charge in [0.25, 0.3) is 0 Å². The van der Waals surface area contributed by atoms with Crippen LogP contribution in [-0.2, 0) is 0 Å². The minimum atomic E-state index is 0.0806. The second-order valence-corrected chi connectivity index (χ2v) is 5.35. The van der Waals surface area contributed by atoms with E-state index in [0.29, 0.717) is 6.54 Å². The van der Waals surface area contributed by atoms with Crippen LogP contribution in [-0.4, -0.2) is 27.3 Å². The Hall–Kier alpha value is -1.52. The fourth-order valence-corrected chi connectivity index (χ4v) is 2.80. The Morgan fingerprint density at radius 1 is 1.29 bits per heavy atom. The monoisotopic (exact) mass is 290 g/mol. The molecule has 3 N–H and O–H groups in total. The summed E-state index contributed by atoms with van der Waals surface area (Å²) in [5, 5.41) is 3.54. The molecule has 2 rings (SSSR count). The summed E-state index contributed by atoms with van der Waals surface area (Å²) < 4.78 is 10.7. The zero-order valence-corrected chi connectivity index (χ0v) is 13.0. The SMILES string of the molecule is COc1ccc(OC)c(C(CN)NCCC2=CCCC2)c1. The van der Waals surface area contributed by atoms with Gasteiger partial charge in [0.2, 0.25) is 0 Å². The lowest BCUT2D eigenvalue weighted by Crippen LogP contribution is -2.29. The maximum Gasteiger partial charge on any atom is 0.123 e. The Kier molecular flexibility index (Phi) is 6.08. The Morgan fingerprint density at radius 3 is 2.76 bits per heavy atom. The number of nitrogens with one attached hydrogen (secondary N) is 1. The van der Waals surface area contributed by atoms with Gasteiger partial charge in [-0.15, -0.1) is 0 Å². The minimum Gasteiger partial charge on any atom is -0.497 e. The zero-order valence-electron chi connectivity index (χ0n) is 13.0. The van der Waals surface area contributed by atoms with Crippen molar-refractivity contribution in [2.24, 2.45) is 5.73 Å². The number of rotatable bonds is 8. The Morgan fingerprint density at radius 2 is 2.14 bits per heavy atom. The van der Waals surface area contributed by atoms with E-state index < -0.39 is 0 Å². The lowest BCUT2D eigenvalue weighted by atomic mass is 10.0. The van der Waals surface area contributed by atoms with Crippen molar-refractivity contribution in [2.75, 3.05) is 27.3 Å². The Balaban J connectivity index is 2.01. The fourth-order valence-electron chi connectivity index (χ4n) is 2.80. The molecule has 1 atom stereocenters. The molecule has 0 amide bonds. The van der Waals surface area contributed by atoms with Gasteiger partial charge in [-0.2, -0.15) is 0 Å². The third-order valence-corrected chi connectivity index (χ3v) is 4.02. The minimum absolute atomic E-state index is 0.0806. The molecule has 0 spiro atoms. The molecule has 0 saturated carbocycles. The zero-order chi connectivity index (χ0) is 15.1. The summed E-state index contributed by atoms with van der Waals surface area (Å²) in [5.74, 6) is 1.67. The van der Waals surface area contributed by atoms with Crippen LogP contribution in [0.1, 0.15) is 37.3 Å². The maximum atomic E-state index is 5.94. The van der Waals surface area contributed by atoms with Crippen molar-refractivity contribution in [2.45, 2.75) is 31.7 Å². The van der Waals surface area contributed by atoms with E-state index in [0.717, 1.165) is 30.0 Å². The molecule has 0 aromatic heterocycles. The van der Waals surface area contributed by atoms with Gasteiger partial charge in [-0.3, -0.25) is 0 Å². The van der Waals surface area contributed by atoms with Gasteiger partial charge in [-0.1, -0.05) is 11.6 Å². The number of benzene rings is 1. The highest BCUT2D eigenvalue weighted by Gasteiger charge is 2.15. The van der Waals surface area contributed by atoms with E-state index in [1.165, 1.54) is 19.3 Å². The largest absolute Gasteiger partial charge is 0.497 e. The summed E-state index contributed by atoms with van der Waals surface area (Å²) in [6.07, 6.45) is 7.25. The summed E-state index contributed by atoms with van der Waals surface area (Å²) in [6.45, 7) is 1.47. The molecule has 4 heteroatoms. The van der Waals surface area contributed by atoms with Gasteiger partial charge in [0, 0.05) is 18.2 Å². The van der Waals surface area contributed by atoms with Gasteiger partial charge in [0.15, 0.2) is 0 Å². The first-order valence-corrected chi connectivity index (χ1v) is 7.61. The first-order chi connectivity index (χ1) is 10.3. The summed E-state index contributed by atoms with van der Waals surface area (Å²) in [6, 6.07) is 5.91. The molecule has 4 nitrogen and oxygen atoms in total. The number of nitrogens with two attached hydrogens (primary N) is 1. The molecule has 21 heavy (non-hydrogen) atoms. The standard InChI is InChI=1S/C17H26N2O2/c1-20-14-7-8-17(21-2)15(11-14)16(12-18)19-10-9-13-5-3-4-6-13/h5,7-8,11,16,19H,3-4,6,9-10,12,18H2,1-2H3. The van der Waals surface area contributed by atoms with Crippen molar-refractivity contribution in [3.63, 3.8) is 0 Å². The molecule has 1 aromatic rings. The average Bonchev–Trinajstić information content (AvgIpc) is 3.04. The van der Waals surface area contributed by atoms with Crippen LogP contribution in [0, 0.1) is 0 Å². The van der Waals surface area contributed by atoms with Crippen LogP contribution in [0.15, 0.2) is 29.8 Å². The summed E-state index contributed by atoms with van der Waals surface area (Å²) in [5.41, 5.74) is 8.56.